The zero-order chi connectivity index (χ0) is 26.2. The summed E-state index contributed by atoms with van der Waals surface area (Å²) in [6.45, 7) is -0.291. The second-order valence-electron chi connectivity index (χ2n) is 8.78. The number of halogens is 3. The highest BCUT2D eigenvalue weighted by Gasteiger charge is 2.61. The van der Waals surface area contributed by atoms with E-state index in [4.69, 9.17) is 14.3 Å². The Morgan fingerprint density at radius 3 is 2.70 bits per heavy atom. The van der Waals surface area contributed by atoms with E-state index in [2.05, 4.69) is 20.8 Å². The first-order valence-corrected chi connectivity index (χ1v) is 11.5. The Morgan fingerprint density at radius 1 is 1.22 bits per heavy atom. The zero-order valence-corrected chi connectivity index (χ0v) is 19.2. The molecule has 14 heteroatoms. The molecule has 0 unspecified atom stereocenters. The maximum atomic E-state index is 13.7. The number of ether oxygens (including phenoxy) is 2. The average Bonchev–Trinajstić information content (AvgIpc) is 3.54. The molecule has 37 heavy (non-hydrogen) atoms. The van der Waals surface area contributed by atoms with Crippen LogP contribution in [0.4, 0.5) is 13.2 Å². The van der Waals surface area contributed by atoms with Crippen molar-refractivity contribution < 1.29 is 42.8 Å². The molecule has 5 rings (SSSR count). The monoisotopic (exact) mass is 523 g/mol. The van der Waals surface area contributed by atoms with Gasteiger partial charge in [0.2, 0.25) is 5.79 Å². The van der Waals surface area contributed by atoms with E-state index in [0.717, 1.165) is 22.4 Å². The van der Waals surface area contributed by atoms with Crippen LogP contribution in [0.25, 0.3) is 11.3 Å². The van der Waals surface area contributed by atoms with Gasteiger partial charge in [0, 0.05) is 18.0 Å². The van der Waals surface area contributed by atoms with E-state index in [1.807, 2.05) is 6.07 Å². The molecule has 6 atom stereocenters. The van der Waals surface area contributed by atoms with E-state index in [1.165, 1.54) is 6.20 Å². The highest BCUT2D eigenvalue weighted by atomic mass is 19.2. The number of hydroxylamine groups is 1. The summed E-state index contributed by atoms with van der Waals surface area (Å²) in [7, 11) is 0. The molecule has 4 N–H and O–H groups in total. The Kier molecular flexibility index (Phi) is 7.22. The highest BCUT2D eigenvalue weighted by Crippen LogP contribution is 2.43. The SMILES string of the molecule is OC[C@H]1O[C@]2(OCC[C@H]2NOCc2cccnc2)[C@H](O)[C@@H](n2cc(-c3cc(F)c(F)c(F)c3)nn2)[C@H]1O. The summed E-state index contributed by atoms with van der Waals surface area (Å²) < 4.78 is 53.6. The van der Waals surface area contributed by atoms with Crippen LogP contribution in [0.2, 0.25) is 0 Å². The molecular weight excluding hydrogens is 499 g/mol. The Bertz CT molecular complexity index is 1210. The van der Waals surface area contributed by atoms with Crippen LogP contribution in [0.3, 0.4) is 0 Å². The number of aliphatic hydroxyl groups is 3. The molecule has 2 fully saturated rings. The van der Waals surface area contributed by atoms with Gasteiger partial charge in [-0.1, -0.05) is 11.3 Å². The lowest BCUT2D eigenvalue weighted by Crippen LogP contribution is -2.68. The molecular formula is C23H24F3N5O6. The van der Waals surface area contributed by atoms with Gasteiger partial charge in [0.1, 0.15) is 30.0 Å². The number of hydrogen-bond acceptors (Lipinski definition) is 10. The van der Waals surface area contributed by atoms with Crippen molar-refractivity contribution in [3.05, 3.63) is 65.9 Å². The Labute approximate surface area is 208 Å². The Balaban J connectivity index is 1.40. The molecule has 0 amide bonds. The quantitative estimate of drug-likeness (QED) is 0.257. The minimum atomic E-state index is -1.74. The fourth-order valence-corrected chi connectivity index (χ4v) is 4.62. The van der Waals surface area contributed by atoms with Gasteiger partial charge >= 0.3 is 0 Å². The molecule has 1 aromatic carbocycles. The molecule has 0 aliphatic carbocycles. The summed E-state index contributed by atoms with van der Waals surface area (Å²) in [5.74, 6) is -6.18. The van der Waals surface area contributed by atoms with Gasteiger partial charge < -0.3 is 24.8 Å². The number of nitrogens with zero attached hydrogens (tertiary/aromatic N) is 4. The smallest absolute Gasteiger partial charge is 0.215 e. The van der Waals surface area contributed by atoms with Crippen molar-refractivity contribution >= 4 is 0 Å². The van der Waals surface area contributed by atoms with Gasteiger partial charge in [-0.15, -0.1) is 5.10 Å². The van der Waals surface area contributed by atoms with E-state index >= 15 is 0 Å². The van der Waals surface area contributed by atoms with Crippen molar-refractivity contribution in [2.45, 2.75) is 49.2 Å². The van der Waals surface area contributed by atoms with Gasteiger partial charge in [-0.05, 0) is 30.2 Å². The lowest BCUT2D eigenvalue weighted by Gasteiger charge is -2.49. The fraction of sp³-hybridized carbons (Fsp3) is 0.435. The number of benzene rings is 1. The Morgan fingerprint density at radius 2 is 2.00 bits per heavy atom. The van der Waals surface area contributed by atoms with Crippen LogP contribution >= 0.6 is 0 Å². The van der Waals surface area contributed by atoms with Gasteiger partial charge in [-0.2, -0.15) is 5.48 Å². The molecule has 2 aliphatic heterocycles. The van der Waals surface area contributed by atoms with Gasteiger partial charge in [0.05, 0.1) is 32.1 Å². The molecule has 2 aliphatic rings. The molecule has 0 saturated carbocycles. The van der Waals surface area contributed by atoms with Crippen LogP contribution in [0.15, 0.2) is 42.9 Å². The van der Waals surface area contributed by atoms with Crippen molar-refractivity contribution in [3.63, 3.8) is 0 Å². The topological polar surface area (TPSA) is 144 Å². The van der Waals surface area contributed by atoms with Gasteiger partial charge in [-0.3, -0.25) is 9.82 Å². The van der Waals surface area contributed by atoms with Crippen LogP contribution in [0, 0.1) is 17.5 Å². The van der Waals surface area contributed by atoms with Crippen molar-refractivity contribution in [2.24, 2.45) is 0 Å². The van der Waals surface area contributed by atoms with Gasteiger partial charge in [0.15, 0.2) is 17.5 Å². The predicted octanol–water partition coefficient (Wildman–Crippen LogP) is 0.618. The number of aliphatic hydroxyl groups excluding tert-OH is 3. The molecule has 11 nitrogen and oxygen atoms in total. The number of rotatable bonds is 7. The summed E-state index contributed by atoms with van der Waals surface area (Å²) in [5, 5.41) is 39.9. The van der Waals surface area contributed by atoms with Crippen LogP contribution < -0.4 is 5.48 Å². The molecule has 3 aromatic rings. The standard InChI is InChI=1S/C23H24F3N5O6/c24-14-6-13(7-15(25)19(14)26)16-9-31(30-28-16)20-21(33)17(10-32)37-23(22(20)34)18(3-5-35-23)29-36-11-12-2-1-4-27-8-12/h1-2,4,6-9,17-18,20-22,29,32-34H,3,5,10-11H2/t17-,18-,20+,21+,22-,23+/m1/s1. The van der Waals surface area contributed by atoms with Crippen LogP contribution in [0.1, 0.15) is 18.0 Å². The van der Waals surface area contributed by atoms with Crippen LogP contribution in [0.5, 0.6) is 0 Å². The predicted molar refractivity (Wildman–Crippen MR) is 118 cm³/mol. The molecule has 1 spiro atoms. The second kappa shape index (κ2) is 10.4. The molecule has 198 valence electrons. The zero-order valence-electron chi connectivity index (χ0n) is 19.2. The summed E-state index contributed by atoms with van der Waals surface area (Å²) >= 11 is 0. The number of pyridine rings is 1. The lowest BCUT2D eigenvalue weighted by atomic mass is 9.86. The minimum absolute atomic E-state index is 0.0416. The first kappa shape index (κ1) is 25.7. The van der Waals surface area contributed by atoms with Gasteiger partial charge in [0.25, 0.3) is 0 Å². The average molecular weight is 523 g/mol. The molecule has 4 heterocycles. The largest absolute Gasteiger partial charge is 0.394 e. The summed E-state index contributed by atoms with van der Waals surface area (Å²) in [4.78, 5) is 9.60. The minimum Gasteiger partial charge on any atom is -0.394 e. The van der Waals surface area contributed by atoms with Crippen LogP contribution in [-0.2, 0) is 20.9 Å². The summed E-state index contributed by atoms with van der Waals surface area (Å²) in [6, 6.07) is 3.11. The molecule has 2 saturated heterocycles. The normalized spacial score (nSPS) is 29.7. The van der Waals surface area contributed by atoms with Crippen LogP contribution in [-0.4, -0.2) is 78.7 Å². The third kappa shape index (κ3) is 4.72. The number of aromatic nitrogens is 4. The van der Waals surface area contributed by atoms with E-state index in [1.54, 1.807) is 18.5 Å². The maximum absolute atomic E-state index is 13.7. The van der Waals surface area contributed by atoms with E-state index in [-0.39, 0.29) is 24.5 Å². The first-order chi connectivity index (χ1) is 17.8. The highest BCUT2D eigenvalue weighted by molar-refractivity contribution is 5.57. The maximum Gasteiger partial charge on any atom is 0.215 e. The third-order valence-electron chi connectivity index (χ3n) is 6.48. The second-order valence-corrected chi connectivity index (χ2v) is 8.78. The fourth-order valence-electron chi connectivity index (χ4n) is 4.62. The number of hydrogen-bond donors (Lipinski definition) is 4. The Hall–Kier alpha value is -2.98. The van der Waals surface area contributed by atoms with Crippen molar-refractivity contribution in [2.75, 3.05) is 13.2 Å². The molecule has 0 radical (unpaired) electrons. The molecule has 0 bridgehead atoms. The van der Waals surface area contributed by atoms with Crippen molar-refractivity contribution in [1.29, 1.82) is 0 Å². The molecule has 2 aromatic heterocycles. The van der Waals surface area contributed by atoms with E-state index < -0.39 is 60.2 Å². The lowest BCUT2D eigenvalue weighted by molar-refractivity contribution is -0.351. The third-order valence-corrected chi connectivity index (χ3v) is 6.48. The van der Waals surface area contributed by atoms with Gasteiger partial charge in [-0.25, -0.2) is 17.9 Å². The number of nitrogens with one attached hydrogen (secondary N) is 1. The van der Waals surface area contributed by atoms with Crippen molar-refractivity contribution in [3.8, 4) is 11.3 Å². The van der Waals surface area contributed by atoms with Crippen molar-refractivity contribution in [1.82, 2.24) is 25.5 Å². The first-order valence-electron chi connectivity index (χ1n) is 11.5. The van der Waals surface area contributed by atoms with E-state index in [9.17, 15) is 28.5 Å². The van der Waals surface area contributed by atoms with E-state index in [0.29, 0.717) is 6.42 Å². The summed E-state index contributed by atoms with van der Waals surface area (Å²) in [5.41, 5.74) is 3.48. The summed E-state index contributed by atoms with van der Waals surface area (Å²) in [6.07, 6.45) is 0.634.